The van der Waals surface area contributed by atoms with Crippen molar-refractivity contribution in [2.75, 3.05) is 110 Å². The van der Waals surface area contributed by atoms with Crippen LogP contribution in [0.2, 0.25) is 0 Å². The molecule has 0 aliphatic carbocycles. The van der Waals surface area contributed by atoms with Gasteiger partial charge in [-0.15, -0.1) is 0 Å². The molecule has 6 aliphatic heterocycles. The molecule has 31 heteroatoms. The van der Waals surface area contributed by atoms with Crippen LogP contribution in [0.25, 0.3) is 88.1 Å². The number of aryl methyl sites for hydroxylation is 3. The summed E-state index contributed by atoms with van der Waals surface area (Å²) >= 11 is 0. The average molecular weight is 1820 g/mol. The Morgan fingerprint density at radius 2 is 0.596 bits per heavy atom. The number of aromatic nitrogens is 17. The third kappa shape index (κ3) is 22.3. The fraction of sp³-hybridized carbons (Fsp3) is 0.324. The topological polar surface area (TPSA) is 367 Å². The highest BCUT2D eigenvalue weighted by atomic mass is 16.2. The Balaban J connectivity index is 0.000000116. The molecule has 6 saturated heterocycles. The van der Waals surface area contributed by atoms with Gasteiger partial charge in [0.15, 0.2) is 22.8 Å². The number of pyridine rings is 7. The molecule has 0 unspecified atom stereocenters. The van der Waals surface area contributed by atoms with E-state index in [1.165, 1.54) is 119 Å². The maximum absolute atomic E-state index is 13.2. The van der Waals surface area contributed by atoms with Crippen molar-refractivity contribution in [1.29, 1.82) is 0 Å². The van der Waals surface area contributed by atoms with Gasteiger partial charge in [-0.05, 0) is 297 Å². The third-order valence-corrected chi connectivity index (χ3v) is 26.2. The van der Waals surface area contributed by atoms with Crippen molar-refractivity contribution in [3.05, 3.63) is 270 Å². The first-order valence-corrected chi connectivity index (χ1v) is 47.7. The second kappa shape index (κ2) is 42.6. The van der Waals surface area contributed by atoms with Gasteiger partial charge in [0.1, 0.15) is 17.5 Å². The Morgan fingerprint density at radius 1 is 0.279 bits per heavy atom. The maximum Gasteiger partial charge on any atom is 0.276 e. The molecule has 0 spiro atoms. The number of carbonyl (C=O) groups excluding carboxylic acids is 4. The van der Waals surface area contributed by atoms with Crippen molar-refractivity contribution >= 4 is 102 Å². The van der Waals surface area contributed by atoms with Gasteiger partial charge in [0.2, 0.25) is 0 Å². The number of aromatic amines is 4. The van der Waals surface area contributed by atoms with Crippen molar-refractivity contribution in [1.82, 2.24) is 105 Å². The Kier molecular flexibility index (Phi) is 28.3. The number of likely N-dealkylation sites (tertiary alicyclic amines) is 4. The summed E-state index contributed by atoms with van der Waals surface area (Å²) < 4.78 is 0. The predicted octanol–water partition coefficient (Wildman–Crippen LogP) is 18.2. The van der Waals surface area contributed by atoms with Crippen LogP contribution in [-0.2, 0) is 26.2 Å². The van der Waals surface area contributed by atoms with Gasteiger partial charge >= 0.3 is 0 Å². The molecule has 0 radical (unpaired) electrons. The van der Waals surface area contributed by atoms with Crippen LogP contribution in [0, 0.1) is 20.8 Å². The molecular weight excluding hydrogens is 1700 g/mol. The number of hydrogen-bond donors (Lipinski definition) is 8. The number of nitrogens with one attached hydrogen (secondary N) is 8. The van der Waals surface area contributed by atoms with E-state index in [9.17, 15) is 19.2 Å². The lowest BCUT2D eigenvalue weighted by molar-refractivity contribution is 0.101. The minimum absolute atomic E-state index is 0.254. The van der Waals surface area contributed by atoms with E-state index in [1.807, 2.05) is 167 Å². The highest BCUT2D eigenvalue weighted by Crippen LogP contribution is 2.35. The number of rotatable bonds is 22. The van der Waals surface area contributed by atoms with Crippen LogP contribution >= 0.6 is 0 Å². The first-order valence-electron chi connectivity index (χ1n) is 47.7. The zero-order chi connectivity index (χ0) is 92.6. The molecule has 31 nitrogen and oxygen atoms in total. The normalized spacial score (nSPS) is 15.5. The number of amides is 4. The molecule has 4 amide bonds. The standard InChI is InChI=1S/C29H33N7O.C27H29N7O.C25H26N6O.C24H25N7O/c1-20-13-24(18-31-28(20)36-11-5-6-12-36)32-29(37)27-25-15-22(7-8-26(25)33-34-27)23-14-21(16-30-17-23)19-35-9-3-2-4-10-35;35-27(30-22-6-8-25(29-17-22)34-11-4-12-34)26-23-14-20(5-7-24(23)31-32-26)21-13-19(15-28-16-21)18-33-9-2-1-3-10-33;1-17-5-7-21(15-27-17)28-25(32)24-22-12-19(6-8-23(22)29-30-24)20-11-18(13-26-14-20)16-31-9-3-2-4-10-31;1-16-26-13-20(14-27-16)28-24(32)23-21-10-18(5-6-22(21)29-30-23)19-9-17(11-25-12-19)15-31-7-3-2-4-8-31/h7-8,13-18H,2-6,9-12,19H2,1H3,(H,32,37)(H,33,34);5-8,13-17H,1-4,9-12,18H2,(H,30,35)(H,31,32);5-8,11-15H,2-4,9-10,16H2,1H3,(H,28,32)(H,29,30);5-6,9-14H,2-4,7-8,15H2,1H3,(H,28,32)(H,29,30). The molecule has 0 bridgehead atoms. The number of benzene rings is 4. The van der Waals surface area contributed by atoms with Crippen molar-refractivity contribution < 1.29 is 19.2 Å². The quantitative estimate of drug-likeness (QED) is 0.0312. The molecular formula is C105H113N27O4. The number of fused-ring (bicyclic) bond motifs is 4. The molecule has 22 rings (SSSR count). The van der Waals surface area contributed by atoms with Crippen molar-refractivity contribution in [2.24, 2.45) is 0 Å². The minimum Gasteiger partial charge on any atom is -0.356 e. The number of nitrogens with zero attached hydrogens (tertiary/aromatic N) is 19. The predicted molar refractivity (Wildman–Crippen MR) is 533 cm³/mol. The maximum atomic E-state index is 13.2. The lowest BCUT2D eigenvalue weighted by Crippen LogP contribution is -2.37. The molecule has 6 fully saturated rings. The second-order valence-corrected chi connectivity index (χ2v) is 36.3. The fourth-order valence-electron chi connectivity index (χ4n) is 18.7. The number of carbonyl (C=O) groups is 4. The summed E-state index contributed by atoms with van der Waals surface area (Å²) in [5.74, 6) is 1.50. The van der Waals surface area contributed by atoms with Gasteiger partial charge in [0.05, 0.1) is 75.8 Å². The van der Waals surface area contributed by atoms with Gasteiger partial charge in [0.25, 0.3) is 23.6 Å². The van der Waals surface area contributed by atoms with Crippen molar-refractivity contribution in [3.63, 3.8) is 0 Å². The largest absolute Gasteiger partial charge is 0.356 e. The first-order chi connectivity index (χ1) is 66.7. The highest BCUT2D eigenvalue weighted by Gasteiger charge is 2.26. The van der Waals surface area contributed by atoms with Crippen LogP contribution in [0.4, 0.5) is 34.4 Å². The van der Waals surface area contributed by atoms with E-state index in [0.717, 1.165) is 216 Å². The lowest BCUT2D eigenvalue weighted by atomic mass is 10.0. The number of anilines is 6. The number of hydrogen-bond acceptors (Lipinski definition) is 23. The molecule has 18 heterocycles. The van der Waals surface area contributed by atoms with E-state index >= 15 is 0 Å². The van der Waals surface area contributed by atoms with Crippen LogP contribution in [0.3, 0.4) is 0 Å². The number of piperidine rings is 4. The molecule has 136 heavy (non-hydrogen) atoms. The van der Waals surface area contributed by atoms with Crippen LogP contribution in [0.15, 0.2) is 208 Å². The minimum atomic E-state index is -0.308. The molecule has 6 aliphatic rings. The van der Waals surface area contributed by atoms with Crippen LogP contribution in [-0.4, -0.2) is 207 Å². The van der Waals surface area contributed by atoms with E-state index in [4.69, 9.17) is 0 Å². The summed E-state index contributed by atoms with van der Waals surface area (Å²) in [7, 11) is 0. The van der Waals surface area contributed by atoms with Crippen LogP contribution < -0.4 is 31.1 Å². The Hall–Kier alpha value is -14.8. The summed E-state index contributed by atoms with van der Waals surface area (Å²) in [4.78, 5) is 106. The third-order valence-electron chi connectivity index (χ3n) is 26.2. The smallest absolute Gasteiger partial charge is 0.276 e. The van der Waals surface area contributed by atoms with Crippen molar-refractivity contribution in [3.8, 4) is 44.5 Å². The molecule has 0 saturated carbocycles. The number of H-pyrrole nitrogens is 4. The van der Waals surface area contributed by atoms with Gasteiger partial charge < -0.3 is 31.1 Å². The molecule has 692 valence electrons. The van der Waals surface area contributed by atoms with Gasteiger partial charge in [0, 0.05) is 151 Å². The molecule has 8 N–H and O–H groups in total. The Labute approximate surface area is 789 Å². The Morgan fingerprint density at radius 3 is 0.919 bits per heavy atom. The first kappa shape index (κ1) is 90.4. The van der Waals surface area contributed by atoms with Gasteiger partial charge in [-0.1, -0.05) is 49.9 Å². The van der Waals surface area contributed by atoms with Crippen LogP contribution in [0.1, 0.15) is 178 Å². The van der Waals surface area contributed by atoms with E-state index in [-0.39, 0.29) is 23.6 Å². The Bertz CT molecular complexity index is 6680. The van der Waals surface area contributed by atoms with Gasteiger partial charge in [-0.25, -0.2) is 19.9 Å². The monoisotopic (exact) mass is 1820 g/mol. The average Bonchev–Trinajstić information content (AvgIpc) is 1.68. The fourth-order valence-corrected chi connectivity index (χ4v) is 18.7. The molecule has 4 aromatic carbocycles. The SMILES string of the molecule is Cc1cc(NC(=O)c2n[nH]c3ccc(-c4cncc(CN5CCCCC5)c4)cc23)cnc1N1CCCC1.Cc1ccc(NC(=O)c2n[nH]c3ccc(-c4cncc(CN5CCCCC5)c4)cc23)cn1.Cc1ncc(NC(=O)c2n[nH]c3ccc(-c4cncc(CN5CCCCC5)c4)cc23)cn1.O=C(Nc1ccc(N2CCC2)nc1)c1n[nH]c2ccc(-c3cncc(CN4CCCCC4)c3)cc12. The lowest BCUT2D eigenvalue weighted by Gasteiger charge is -2.31. The summed E-state index contributed by atoms with van der Waals surface area (Å²) in [6.07, 6.45) is 42.6. The van der Waals surface area contributed by atoms with E-state index in [1.54, 1.807) is 37.9 Å². The highest BCUT2D eigenvalue weighted by molar-refractivity contribution is 6.14. The second-order valence-electron chi connectivity index (χ2n) is 36.3. The van der Waals surface area contributed by atoms with E-state index in [2.05, 4.69) is 161 Å². The van der Waals surface area contributed by atoms with Crippen LogP contribution in [0.5, 0.6) is 0 Å². The van der Waals surface area contributed by atoms with Gasteiger partial charge in [-0.2, -0.15) is 20.4 Å². The summed E-state index contributed by atoms with van der Waals surface area (Å²) in [5.41, 5.74) is 22.2. The summed E-state index contributed by atoms with van der Waals surface area (Å²) in [6, 6.07) is 42.3. The zero-order valence-electron chi connectivity index (χ0n) is 77.2. The van der Waals surface area contributed by atoms with E-state index < -0.39 is 0 Å². The van der Waals surface area contributed by atoms with Gasteiger partial charge in [-0.3, -0.25) is 84.1 Å². The molecule has 16 aromatic rings. The summed E-state index contributed by atoms with van der Waals surface area (Å²) in [5, 5.41) is 43.7. The summed E-state index contributed by atoms with van der Waals surface area (Å²) in [6.45, 7) is 22.8. The molecule has 12 aromatic heterocycles. The van der Waals surface area contributed by atoms with Crippen molar-refractivity contribution in [2.45, 2.75) is 143 Å². The zero-order valence-corrected chi connectivity index (χ0v) is 77.2. The molecule has 0 atom stereocenters. The van der Waals surface area contributed by atoms with E-state index in [0.29, 0.717) is 51.3 Å².